The van der Waals surface area contributed by atoms with Crippen LogP contribution >= 0.6 is 0 Å². The molecule has 0 spiro atoms. The van der Waals surface area contributed by atoms with Crippen LogP contribution in [0.2, 0.25) is 0 Å². The normalized spacial score (nSPS) is 9.86. The van der Waals surface area contributed by atoms with Gasteiger partial charge >= 0.3 is 0 Å². The predicted molar refractivity (Wildman–Crippen MR) is 656 cm³/mol. The predicted octanol–water partition coefficient (Wildman–Crippen LogP) is -43.4. The van der Waals surface area contributed by atoms with E-state index in [1.54, 1.807) is 0 Å². The zero-order valence-corrected chi connectivity index (χ0v) is 65.8. The summed E-state index contributed by atoms with van der Waals surface area (Å²) in [7, 11) is 421. The van der Waals surface area contributed by atoms with E-state index in [-0.39, 0.29) is 0 Å². The van der Waals surface area contributed by atoms with Crippen molar-refractivity contribution in [3.05, 3.63) is 0 Å². The van der Waals surface area contributed by atoms with Crippen LogP contribution in [-0.2, 0) is 0 Å². The Kier molecular flexibility index (Phi) is 59.4. The number of hydrogen-bond acceptors (Lipinski definition) is 0. The molecule has 342 valence electrons. The molecule has 114 heteroatoms. The van der Waals surface area contributed by atoms with Gasteiger partial charge in [-0.1, -0.05) is 0 Å². The third kappa shape index (κ3) is 32.4. The van der Waals surface area contributed by atoms with E-state index in [1.165, 1.54) is 0 Å². The molecule has 0 aromatic rings. The van der Waals surface area contributed by atoms with E-state index in [2.05, 4.69) is 0 Å². The quantitative estimate of drug-likeness (QED) is 0.0533. The molecule has 0 amide bonds. The molecule has 0 aliphatic heterocycles. The van der Waals surface area contributed by atoms with Gasteiger partial charge in [-0.3, -0.25) is 0 Å². The summed E-state index contributed by atoms with van der Waals surface area (Å²) in [5, 5.41) is 0. The highest BCUT2D eigenvalue weighted by Crippen LogP contribution is 2.32. The van der Waals surface area contributed by atoms with Crippen LogP contribution in [0.25, 0.3) is 0 Å². The Morgan fingerprint density at radius 1 is 0.0439 bits per heavy atom. The van der Waals surface area contributed by atoms with Crippen molar-refractivity contribution in [2.24, 2.45) is 0 Å². The minimum atomic E-state index is -2.57. The third-order valence-corrected chi connectivity index (χ3v) is 24.4. The third-order valence-electron chi connectivity index (χ3n) is 24.4. The smallest absolute Gasteiger partial charge is 0 e. The fourth-order valence-electron chi connectivity index (χ4n) is 20.8. The Morgan fingerprint density at radius 3 is 0.132 bits per heavy atom. The summed E-state index contributed by atoms with van der Waals surface area (Å²) in [4.78, 5) is 0. The molecule has 0 saturated carbocycles. The Labute approximate surface area is 797 Å². The van der Waals surface area contributed by atoms with Gasteiger partial charge in [0.15, 0.2) is 0 Å². The van der Waals surface area contributed by atoms with Gasteiger partial charge in [0.2, 0.25) is 0 Å². The van der Waals surface area contributed by atoms with Gasteiger partial charge in [0.1, 0.15) is 0 Å². The van der Waals surface area contributed by atoms with Crippen LogP contribution < -0.4 is 0 Å². The van der Waals surface area contributed by atoms with Crippen molar-refractivity contribution in [1.82, 2.24) is 0 Å². The second-order valence-electron chi connectivity index (χ2n) is 32.3. The largest absolute Gasteiger partial charge is 0 e. The second kappa shape index (κ2) is 55.8. The monoisotopic (exact) mass is 1260 g/mol. The van der Waals surface area contributed by atoms with E-state index < -0.39 is 358 Å². The van der Waals surface area contributed by atoms with Gasteiger partial charge in [-0.05, 0) is 0 Å². The summed E-state index contributed by atoms with van der Waals surface area (Å²) in [5.41, 5.74) is 0. The van der Waals surface area contributed by atoms with Crippen molar-refractivity contribution in [3.8, 4) is 0 Å². The fourth-order valence-corrected chi connectivity index (χ4v) is 20.8. The molecule has 116 radical (unpaired) electrons. The van der Waals surface area contributed by atoms with Crippen molar-refractivity contribution in [2.75, 3.05) is 0 Å². The molecule has 0 aliphatic rings. The van der Waals surface area contributed by atoms with E-state index in [0.717, 1.165) is 0 Å². The summed E-state index contributed by atoms with van der Waals surface area (Å²) in [6, 6.07) is 0. The van der Waals surface area contributed by atoms with Crippen LogP contribution in [-0.4, -0.2) is 806 Å². The van der Waals surface area contributed by atoms with Gasteiger partial charge in [-0.25, -0.2) is 0 Å². The molecule has 114 heavy (non-hydrogen) atoms. The zero-order chi connectivity index (χ0) is 90.3. The number of rotatable bonds is 55. The SMILES string of the molecule is [B]B([B])B(B([B])[B])B(B([B])[B])B(B(B([B])[B])B([B])[B])B(B(B(B(B([B])[B])B([B])[B])B(B([B])[B])B([B])[B])B(B(B([B])[B])B([B])[B])B(B([B])[B])B([B])[B])B(B(B(B(B([B])[B])B([B])[B])B(B([B])[B])B([B])[B])B(B(B([B])[B])B([B])[B])B(B([B])[B])B([B])[B])B(B(B(B([B])[B])B([B])[B])B(B([B])[B])B([B])[B])B(B(B([B])[B])B([B])[B])B(B([B])[B])B([B])[B]. The lowest BCUT2D eigenvalue weighted by molar-refractivity contribution is 3.11. The molecular formula is B114. The van der Waals surface area contributed by atoms with Crippen molar-refractivity contribution in [1.29, 1.82) is 0 Å². The lowest BCUT2D eigenvalue weighted by atomic mass is 8.17. The summed E-state index contributed by atoms with van der Waals surface area (Å²) < 4.78 is 0. The van der Waals surface area contributed by atoms with E-state index in [9.17, 15) is 0 Å². The van der Waals surface area contributed by atoms with Crippen molar-refractivity contribution in [3.63, 3.8) is 0 Å². The second-order valence-corrected chi connectivity index (χ2v) is 32.3. The lowest BCUT2D eigenvalue weighted by Gasteiger charge is -2.64. The van der Waals surface area contributed by atoms with Crippen LogP contribution in [0.5, 0.6) is 0 Å². The molecular weight excluding hydrogens is 1230 g/mol. The first-order valence-corrected chi connectivity index (χ1v) is 37.7. The van der Waals surface area contributed by atoms with E-state index in [1.807, 2.05) is 0 Å². The van der Waals surface area contributed by atoms with Gasteiger partial charge in [0.05, 0.1) is 0 Å². The Bertz CT molecular complexity index is 1970. The van der Waals surface area contributed by atoms with Crippen LogP contribution in [0.15, 0.2) is 0 Å². The molecule has 0 heterocycles. The highest BCUT2D eigenvalue weighted by Gasteiger charge is 2.70. The number of hydrogen-bond donors (Lipinski definition) is 0. The summed E-state index contributed by atoms with van der Waals surface area (Å²) in [5.74, 6) is 0. The summed E-state index contributed by atoms with van der Waals surface area (Å²) >= 11 is 0. The maximum Gasteiger partial charge on any atom is 0 e. The molecule has 0 atom stereocenters. The molecule has 0 fully saturated rings. The molecule has 0 aliphatic carbocycles. The van der Waals surface area contributed by atoms with Gasteiger partial charge in [-0.2, -0.15) is 0 Å². The molecule has 0 aromatic carbocycles. The van der Waals surface area contributed by atoms with Crippen LogP contribution in [0.1, 0.15) is 0 Å². The standard InChI is InChI=1S/B114/c1-59(2)88(60(3)4)102(87(57)58)109(101(85(53)54)86(55)56)113(110(103(89(61(5)6)62(7)8)90(63(9)10)64(11)12)104(91(65(13)14)66(15)16)92(67(17)18)68(19)20)114(111(105(93(69(21)22)70(23)24)94(71(25)26)72(27)28)106(95(73(29)30)74(31)32)96(75(33)34)76(35)36)112(107(97(77(37)38)78(39)40)98(79(41)42)80(43)44)108(99(81(45)46)82(47)48)100(83(49)50)84(51)52. The Morgan fingerprint density at radius 2 is 0.0789 bits per heavy atom. The summed E-state index contributed by atoms with van der Waals surface area (Å²) in [6.45, 7) is 0. The average Bonchev–Trinajstić information content (AvgIpc) is 0.703. The first kappa shape index (κ1) is 121. The first-order valence-electron chi connectivity index (χ1n) is 37.7. The highest BCUT2D eigenvalue weighted by molar-refractivity contribution is 8.45. The van der Waals surface area contributed by atoms with E-state index in [4.69, 9.17) is 449 Å². The average molecular weight is 1230 g/mol. The highest BCUT2D eigenvalue weighted by atomic mass is 13.5. The molecule has 0 aromatic heterocycles. The Balaban J connectivity index is 16.0. The van der Waals surface area contributed by atoms with Gasteiger partial charge in [-0.15, -0.1) is 0 Å². The van der Waals surface area contributed by atoms with Crippen LogP contribution in [0, 0.1) is 0 Å². The van der Waals surface area contributed by atoms with Crippen molar-refractivity contribution in [2.45, 2.75) is 0 Å². The molecule has 0 N–H and O–H groups in total. The van der Waals surface area contributed by atoms with Crippen molar-refractivity contribution < 1.29 is 0 Å². The Hall–Kier alpha value is 7.40. The van der Waals surface area contributed by atoms with Crippen LogP contribution in [0.3, 0.4) is 0 Å². The lowest BCUT2D eigenvalue weighted by Crippen LogP contribution is -3.02. The summed E-state index contributed by atoms with van der Waals surface area (Å²) in [6.07, 6.45) is -115. The minimum absolute atomic E-state index is 1.86. The molecule has 0 nitrogen and oxygen atoms in total. The topological polar surface area (TPSA) is 0 Å². The van der Waals surface area contributed by atoms with Gasteiger partial charge in [0, 0.05) is 806 Å². The maximum absolute atomic E-state index is 7.52. The molecule has 0 bridgehead atoms. The van der Waals surface area contributed by atoms with E-state index >= 15 is 0 Å². The van der Waals surface area contributed by atoms with E-state index in [0.29, 0.717) is 0 Å². The zero-order valence-electron chi connectivity index (χ0n) is 65.8. The van der Waals surface area contributed by atoms with Crippen LogP contribution in [0.4, 0.5) is 0 Å². The maximum atomic E-state index is 7.52. The molecule has 0 saturated heterocycles. The minimum Gasteiger partial charge on any atom is 0 e. The first-order chi connectivity index (χ1) is 51.8. The molecule has 0 unspecified atom stereocenters. The fraction of sp³-hybridized carbons (Fsp3) is 0. The van der Waals surface area contributed by atoms with Gasteiger partial charge in [0.25, 0.3) is 0 Å². The molecule has 0 rings (SSSR count). The van der Waals surface area contributed by atoms with Gasteiger partial charge < -0.3 is 0 Å². The van der Waals surface area contributed by atoms with Crippen molar-refractivity contribution >= 4 is 806 Å².